The minimum absolute atomic E-state index is 0.265. The number of rotatable bonds is 2. The van der Waals surface area contributed by atoms with Crippen LogP contribution in [-0.4, -0.2) is 11.8 Å². The van der Waals surface area contributed by atoms with Gasteiger partial charge in [0.05, 0.1) is 0 Å². The Morgan fingerprint density at radius 3 is 2.82 bits per heavy atom. The van der Waals surface area contributed by atoms with Crippen molar-refractivity contribution in [1.82, 2.24) is 4.98 Å². The van der Waals surface area contributed by atoms with E-state index < -0.39 is 0 Å². The summed E-state index contributed by atoms with van der Waals surface area (Å²) in [5.74, 6) is 2.70. The molecule has 4 nitrogen and oxygen atoms in total. The Morgan fingerprint density at radius 1 is 1.12 bits per heavy atom. The van der Waals surface area contributed by atoms with E-state index in [0.29, 0.717) is 17.4 Å². The molecule has 0 spiro atoms. The number of nitrogens with zero attached hydrogens (tertiary/aromatic N) is 1. The first-order valence-electron chi connectivity index (χ1n) is 5.31. The maximum Gasteiger partial charge on any atom is 0.231 e. The first-order chi connectivity index (χ1) is 8.31. The van der Waals surface area contributed by atoms with Crippen LogP contribution in [0.25, 0.3) is 0 Å². The molecule has 0 bridgehead atoms. The molecule has 3 rings (SSSR count). The van der Waals surface area contributed by atoms with Gasteiger partial charge in [-0.3, -0.25) is 0 Å². The Kier molecular flexibility index (Phi) is 2.33. The second-order valence-corrected chi connectivity index (χ2v) is 3.79. The third-order valence-corrected chi connectivity index (χ3v) is 2.45. The zero-order chi connectivity index (χ0) is 11.7. The molecule has 0 saturated carbocycles. The van der Waals surface area contributed by atoms with Crippen LogP contribution in [0, 0.1) is 6.92 Å². The summed E-state index contributed by atoms with van der Waals surface area (Å²) in [5.41, 5.74) is 1.10. The summed E-state index contributed by atoms with van der Waals surface area (Å²) in [6.07, 6.45) is 1.77. The Balaban J connectivity index is 1.83. The molecular formula is C13H11NO3. The van der Waals surface area contributed by atoms with Gasteiger partial charge in [0.25, 0.3) is 0 Å². The zero-order valence-corrected chi connectivity index (χ0v) is 9.34. The molecule has 2 aromatic rings. The van der Waals surface area contributed by atoms with Gasteiger partial charge in [0, 0.05) is 18.3 Å². The fourth-order valence-corrected chi connectivity index (χ4v) is 1.58. The average Bonchev–Trinajstić information content (AvgIpc) is 2.79. The van der Waals surface area contributed by atoms with Crippen LogP contribution in [0.4, 0.5) is 0 Å². The maximum atomic E-state index is 5.61. The first-order valence-corrected chi connectivity index (χ1v) is 5.31. The van der Waals surface area contributed by atoms with E-state index in [-0.39, 0.29) is 6.79 Å². The number of aryl methyl sites for hydroxylation is 1. The third kappa shape index (κ3) is 2.01. The molecule has 0 aliphatic carbocycles. The molecule has 86 valence electrons. The number of ether oxygens (including phenoxy) is 3. The molecule has 17 heavy (non-hydrogen) atoms. The monoisotopic (exact) mass is 229 g/mol. The zero-order valence-electron chi connectivity index (χ0n) is 9.34. The highest BCUT2D eigenvalue weighted by molar-refractivity contribution is 5.47. The van der Waals surface area contributed by atoms with Crippen LogP contribution in [0.15, 0.2) is 36.5 Å². The van der Waals surface area contributed by atoms with Crippen LogP contribution < -0.4 is 14.2 Å². The van der Waals surface area contributed by atoms with Gasteiger partial charge in [-0.2, -0.15) is 0 Å². The van der Waals surface area contributed by atoms with E-state index in [1.807, 2.05) is 31.2 Å². The SMILES string of the molecule is Cc1ccc(Oc2ccc3c(c2)OCO3)nc1. The van der Waals surface area contributed by atoms with Gasteiger partial charge in [-0.1, -0.05) is 6.07 Å². The minimum Gasteiger partial charge on any atom is -0.454 e. The summed E-state index contributed by atoms with van der Waals surface area (Å²) in [4.78, 5) is 4.17. The molecule has 2 heterocycles. The molecule has 0 radical (unpaired) electrons. The predicted molar refractivity (Wildman–Crippen MR) is 61.6 cm³/mol. The average molecular weight is 229 g/mol. The Morgan fingerprint density at radius 2 is 2.00 bits per heavy atom. The predicted octanol–water partition coefficient (Wildman–Crippen LogP) is 2.91. The number of hydrogen-bond acceptors (Lipinski definition) is 4. The van der Waals surface area contributed by atoms with Gasteiger partial charge in [-0.05, 0) is 24.6 Å². The van der Waals surface area contributed by atoms with Crippen LogP contribution in [0.1, 0.15) is 5.56 Å². The van der Waals surface area contributed by atoms with E-state index >= 15 is 0 Å². The van der Waals surface area contributed by atoms with E-state index in [0.717, 1.165) is 11.3 Å². The van der Waals surface area contributed by atoms with Crippen molar-refractivity contribution in [3.8, 4) is 23.1 Å². The molecule has 0 amide bonds. The second kappa shape index (κ2) is 3.97. The Hall–Kier alpha value is -2.23. The van der Waals surface area contributed by atoms with Gasteiger partial charge < -0.3 is 14.2 Å². The van der Waals surface area contributed by atoms with Gasteiger partial charge in [-0.15, -0.1) is 0 Å². The van der Waals surface area contributed by atoms with Crippen LogP contribution in [0.2, 0.25) is 0 Å². The number of hydrogen-bond donors (Lipinski definition) is 0. The second-order valence-electron chi connectivity index (χ2n) is 3.79. The molecule has 1 aromatic heterocycles. The minimum atomic E-state index is 0.265. The van der Waals surface area contributed by atoms with Crippen molar-refractivity contribution in [3.05, 3.63) is 42.1 Å². The van der Waals surface area contributed by atoms with Gasteiger partial charge in [0.1, 0.15) is 5.75 Å². The largest absolute Gasteiger partial charge is 0.454 e. The van der Waals surface area contributed by atoms with E-state index in [1.165, 1.54) is 0 Å². The lowest BCUT2D eigenvalue weighted by atomic mass is 10.3. The molecular weight excluding hydrogens is 218 g/mol. The molecule has 1 aliphatic heterocycles. The molecule has 0 fully saturated rings. The van der Waals surface area contributed by atoms with Crippen molar-refractivity contribution < 1.29 is 14.2 Å². The van der Waals surface area contributed by atoms with Crippen LogP contribution >= 0.6 is 0 Å². The lowest BCUT2D eigenvalue weighted by Gasteiger charge is -2.05. The van der Waals surface area contributed by atoms with Gasteiger partial charge in [0.2, 0.25) is 12.7 Å². The molecule has 1 aliphatic rings. The van der Waals surface area contributed by atoms with E-state index in [9.17, 15) is 0 Å². The molecule has 0 atom stereocenters. The number of pyridine rings is 1. The standard InChI is InChI=1S/C13H11NO3/c1-9-2-5-13(14-7-9)17-10-3-4-11-12(6-10)16-8-15-11/h2-7H,8H2,1H3. The van der Waals surface area contributed by atoms with Crippen LogP contribution in [0.3, 0.4) is 0 Å². The molecule has 0 unspecified atom stereocenters. The van der Waals surface area contributed by atoms with Gasteiger partial charge in [-0.25, -0.2) is 4.98 Å². The smallest absolute Gasteiger partial charge is 0.231 e. The molecule has 1 aromatic carbocycles. The fourth-order valence-electron chi connectivity index (χ4n) is 1.58. The number of benzene rings is 1. The summed E-state index contributed by atoms with van der Waals surface area (Å²) in [6, 6.07) is 9.24. The number of aromatic nitrogens is 1. The van der Waals surface area contributed by atoms with Crippen molar-refractivity contribution >= 4 is 0 Å². The summed E-state index contributed by atoms with van der Waals surface area (Å²) in [5, 5.41) is 0. The molecule has 4 heteroatoms. The maximum absolute atomic E-state index is 5.61. The molecule has 0 N–H and O–H groups in total. The van der Waals surface area contributed by atoms with Gasteiger partial charge >= 0.3 is 0 Å². The highest BCUT2D eigenvalue weighted by Gasteiger charge is 2.13. The third-order valence-electron chi connectivity index (χ3n) is 2.45. The number of fused-ring (bicyclic) bond motifs is 1. The van der Waals surface area contributed by atoms with Crippen molar-refractivity contribution in [2.75, 3.05) is 6.79 Å². The van der Waals surface area contributed by atoms with Crippen molar-refractivity contribution in [1.29, 1.82) is 0 Å². The quantitative estimate of drug-likeness (QED) is 0.793. The fraction of sp³-hybridized carbons (Fsp3) is 0.154. The highest BCUT2D eigenvalue weighted by Crippen LogP contribution is 2.36. The van der Waals surface area contributed by atoms with E-state index in [2.05, 4.69) is 4.98 Å². The van der Waals surface area contributed by atoms with Crippen LogP contribution in [-0.2, 0) is 0 Å². The van der Waals surface area contributed by atoms with Crippen molar-refractivity contribution in [2.24, 2.45) is 0 Å². The van der Waals surface area contributed by atoms with E-state index in [1.54, 1.807) is 12.3 Å². The van der Waals surface area contributed by atoms with Crippen LogP contribution in [0.5, 0.6) is 23.1 Å². The topological polar surface area (TPSA) is 40.6 Å². The van der Waals surface area contributed by atoms with Crippen molar-refractivity contribution in [2.45, 2.75) is 6.92 Å². The summed E-state index contributed by atoms with van der Waals surface area (Å²) in [6.45, 7) is 2.25. The summed E-state index contributed by atoms with van der Waals surface area (Å²) >= 11 is 0. The molecule has 0 saturated heterocycles. The highest BCUT2D eigenvalue weighted by atomic mass is 16.7. The van der Waals surface area contributed by atoms with E-state index in [4.69, 9.17) is 14.2 Å². The van der Waals surface area contributed by atoms with Gasteiger partial charge in [0.15, 0.2) is 11.5 Å². The first kappa shape index (κ1) is 9.96. The normalized spacial score (nSPS) is 12.5. The lowest BCUT2D eigenvalue weighted by molar-refractivity contribution is 0.174. The Bertz CT molecular complexity index is 537. The Labute approximate surface area is 98.8 Å². The summed E-state index contributed by atoms with van der Waals surface area (Å²) in [7, 11) is 0. The lowest BCUT2D eigenvalue weighted by Crippen LogP contribution is -1.92. The summed E-state index contributed by atoms with van der Waals surface area (Å²) < 4.78 is 16.1. The van der Waals surface area contributed by atoms with Crippen molar-refractivity contribution in [3.63, 3.8) is 0 Å².